The average Bonchev–Trinajstić information content (AvgIpc) is 3.93. The zero-order valence-corrected chi connectivity index (χ0v) is 40.7. The molecule has 0 bridgehead atoms. The van der Waals surface area contributed by atoms with Crippen LogP contribution in [0.1, 0.15) is 110 Å². The van der Waals surface area contributed by atoms with E-state index in [1.807, 2.05) is 22.7 Å². The molecule has 0 atom stereocenters. The van der Waals surface area contributed by atoms with E-state index in [4.69, 9.17) is 0 Å². The quantitative estimate of drug-likeness (QED) is 0.149. The van der Waals surface area contributed by atoms with E-state index >= 15 is 0 Å². The molecule has 13 rings (SSSR count). The third kappa shape index (κ3) is 5.03. The van der Waals surface area contributed by atoms with Crippen LogP contribution in [0.3, 0.4) is 0 Å². The van der Waals surface area contributed by atoms with E-state index in [0.29, 0.717) is 0 Å². The fourth-order valence-corrected chi connectivity index (χ4v) is 14.8. The van der Waals surface area contributed by atoms with Gasteiger partial charge in [-0.15, -0.1) is 22.7 Å². The molecule has 3 aliphatic rings. The van der Waals surface area contributed by atoms with Crippen molar-refractivity contribution in [1.82, 2.24) is 4.57 Å². The van der Waals surface area contributed by atoms with Gasteiger partial charge in [-0.25, -0.2) is 0 Å². The number of anilines is 2. The van der Waals surface area contributed by atoms with E-state index in [2.05, 4.69) is 195 Å². The number of hydrogen-bond acceptors (Lipinski definition) is 3. The summed E-state index contributed by atoms with van der Waals surface area (Å²) in [5, 5.41) is 8.17. The SMILES string of the molecule is Cc1c(N2B3c4c(cc5sc6ccccc6c5c4-n4c5ccc(C(C)(C)C)cc5c5cc(C(C)(C)C)cc3c54)-c3ccc4sc5ccccc5c4c32)ccc2c1C(C)(C)CCC2(C)C. The molecule has 64 heavy (non-hydrogen) atoms. The van der Waals surface area contributed by atoms with Crippen LogP contribution >= 0.6 is 22.7 Å². The standard InChI is InChI=1S/C59H55BN2S2/c1-32-43(24-22-41-51(32)59(10,11)27-26-58(41,8)9)62-54-35(21-25-47-49(54)36-16-12-14-18-45(36)63-47)39-31-48-50(37-17-13-15-19-46(37)64-48)55-52(39)60(62)42-30-34(57(5,6)7)29-40-38-28-33(56(2,3)4)20-23-44(38)61(55)53(40)42/h12-25,28-31H,26-27H2,1-11H3. The van der Waals surface area contributed by atoms with Crippen LogP contribution in [0.15, 0.2) is 109 Å². The van der Waals surface area contributed by atoms with Crippen LogP contribution in [0.25, 0.3) is 79.0 Å². The molecule has 0 radical (unpaired) electrons. The Balaban J connectivity index is 1.29. The van der Waals surface area contributed by atoms with Crippen LogP contribution in [0.4, 0.5) is 11.4 Å². The first-order valence-electron chi connectivity index (χ1n) is 23.4. The third-order valence-corrected chi connectivity index (χ3v) is 18.1. The summed E-state index contributed by atoms with van der Waals surface area (Å²) in [5.41, 5.74) is 19.6. The van der Waals surface area contributed by atoms with Crippen molar-refractivity contribution in [3.63, 3.8) is 0 Å². The van der Waals surface area contributed by atoms with E-state index in [-0.39, 0.29) is 28.5 Å². The Labute approximate surface area is 385 Å². The summed E-state index contributed by atoms with van der Waals surface area (Å²) in [6.07, 6.45) is 2.38. The van der Waals surface area contributed by atoms with Gasteiger partial charge in [0.25, 0.3) is 0 Å². The maximum absolute atomic E-state index is 2.87. The molecule has 0 saturated carbocycles. The largest absolute Gasteiger partial charge is 0.376 e. The molecular formula is C59H55BN2S2. The highest BCUT2D eigenvalue weighted by Gasteiger charge is 2.48. The Morgan fingerprint density at radius 2 is 1.20 bits per heavy atom. The molecule has 0 N–H and O–H groups in total. The summed E-state index contributed by atoms with van der Waals surface area (Å²) in [6, 6.07) is 43.4. The molecule has 0 saturated heterocycles. The maximum Gasteiger partial charge on any atom is 0.333 e. The average molecular weight is 867 g/mol. The lowest BCUT2D eigenvalue weighted by molar-refractivity contribution is 0.330. The second kappa shape index (κ2) is 12.5. The molecular weight excluding hydrogens is 812 g/mol. The number of fused-ring (bicyclic) bond motifs is 16. The van der Waals surface area contributed by atoms with E-state index in [9.17, 15) is 0 Å². The van der Waals surface area contributed by atoms with Gasteiger partial charge in [-0.05, 0) is 134 Å². The van der Waals surface area contributed by atoms with Crippen LogP contribution < -0.4 is 15.7 Å². The molecule has 316 valence electrons. The predicted molar refractivity (Wildman–Crippen MR) is 283 cm³/mol. The molecule has 0 spiro atoms. The van der Waals surface area contributed by atoms with Crippen LogP contribution in [0.5, 0.6) is 0 Å². The van der Waals surface area contributed by atoms with Gasteiger partial charge in [0.2, 0.25) is 0 Å². The van der Waals surface area contributed by atoms with Crippen molar-refractivity contribution >= 4 is 114 Å². The molecule has 3 aromatic heterocycles. The minimum atomic E-state index is -0.0787. The van der Waals surface area contributed by atoms with Gasteiger partial charge in [-0.1, -0.05) is 130 Å². The van der Waals surface area contributed by atoms with Crippen molar-refractivity contribution < 1.29 is 0 Å². The molecule has 0 unspecified atom stereocenters. The Hall–Kier alpha value is -5.36. The number of rotatable bonds is 1. The predicted octanol–water partition coefficient (Wildman–Crippen LogP) is 16.0. The van der Waals surface area contributed by atoms with Crippen LogP contribution in [-0.2, 0) is 21.7 Å². The lowest BCUT2D eigenvalue weighted by Crippen LogP contribution is -2.61. The van der Waals surface area contributed by atoms with Gasteiger partial charge in [0.15, 0.2) is 0 Å². The second-order valence-electron chi connectivity index (χ2n) is 22.8. The van der Waals surface area contributed by atoms with Gasteiger partial charge in [0, 0.05) is 68.1 Å². The lowest BCUT2D eigenvalue weighted by Gasteiger charge is -2.47. The number of benzene rings is 7. The van der Waals surface area contributed by atoms with Gasteiger partial charge < -0.3 is 9.38 Å². The monoisotopic (exact) mass is 866 g/mol. The maximum atomic E-state index is 2.87. The smallest absolute Gasteiger partial charge is 0.333 e. The first-order valence-corrected chi connectivity index (χ1v) is 25.1. The minimum Gasteiger partial charge on any atom is -0.376 e. The zero-order valence-electron chi connectivity index (χ0n) is 39.1. The molecule has 0 amide bonds. The van der Waals surface area contributed by atoms with Crippen LogP contribution in [0.2, 0.25) is 0 Å². The third-order valence-electron chi connectivity index (χ3n) is 15.9. The molecule has 10 aromatic rings. The van der Waals surface area contributed by atoms with Crippen LogP contribution in [-0.4, -0.2) is 11.4 Å². The summed E-state index contributed by atoms with van der Waals surface area (Å²) >= 11 is 3.89. The molecule has 5 heterocycles. The molecule has 7 aromatic carbocycles. The van der Waals surface area contributed by atoms with Gasteiger partial charge in [0.1, 0.15) is 0 Å². The highest BCUT2D eigenvalue weighted by atomic mass is 32.1. The number of hydrogen-bond donors (Lipinski definition) is 0. The highest BCUT2D eigenvalue weighted by Crippen LogP contribution is 2.56. The Bertz CT molecular complexity index is 3720. The molecule has 0 fully saturated rings. The molecule has 1 aliphatic carbocycles. The number of thiophene rings is 2. The van der Waals surface area contributed by atoms with Crippen molar-refractivity contribution in [3.8, 4) is 16.8 Å². The Morgan fingerprint density at radius 1 is 0.562 bits per heavy atom. The van der Waals surface area contributed by atoms with Crippen molar-refractivity contribution in [2.24, 2.45) is 0 Å². The van der Waals surface area contributed by atoms with Gasteiger partial charge in [-0.2, -0.15) is 0 Å². The van der Waals surface area contributed by atoms with Gasteiger partial charge in [-0.3, -0.25) is 0 Å². The van der Waals surface area contributed by atoms with Crippen molar-refractivity contribution in [2.75, 3.05) is 4.81 Å². The first-order chi connectivity index (χ1) is 30.4. The fraction of sp³-hybridized carbons (Fsp3) is 0.288. The van der Waals surface area contributed by atoms with E-state index in [1.165, 1.54) is 136 Å². The number of aromatic nitrogens is 1. The normalized spacial score (nSPS) is 16.4. The lowest BCUT2D eigenvalue weighted by atomic mass is 9.43. The Kier molecular flexibility index (Phi) is 7.63. The van der Waals surface area contributed by atoms with Gasteiger partial charge >= 0.3 is 6.85 Å². The summed E-state index contributed by atoms with van der Waals surface area (Å²) in [7, 11) is 0. The van der Waals surface area contributed by atoms with Crippen molar-refractivity contribution in [3.05, 3.63) is 137 Å². The number of nitrogens with zero attached hydrogens (tertiary/aromatic N) is 2. The summed E-state index contributed by atoms with van der Waals surface area (Å²) in [4.78, 5) is 2.87. The molecule has 2 nitrogen and oxygen atoms in total. The summed E-state index contributed by atoms with van der Waals surface area (Å²) < 4.78 is 8.12. The van der Waals surface area contributed by atoms with Crippen LogP contribution in [0, 0.1) is 6.92 Å². The Morgan fingerprint density at radius 3 is 1.91 bits per heavy atom. The molecule has 2 aliphatic heterocycles. The molecule has 5 heteroatoms. The van der Waals surface area contributed by atoms with Gasteiger partial charge in [0.05, 0.1) is 16.7 Å². The van der Waals surface area contributed by atoms with E-state index < -0.39 is 0 Å². The topological polar surface area (TPSA) is 8.17 Å². The van der Waals surface area contributed by atoms with Crippen molar-refractivity contribution in [1.29, 1.82) is 0 Å². The second-order valence-corrected chi connectivity index (χ2v) is 25.0. The van der Waals surface area contributed by atoms with E-state index in [0.717, 1.165) is 0 Å². The van der Waals surface area contributed by atoms with E-state index in [1.54, 1.807) is 5.56 Å². The van der Waals surface area contributed by atoms with Crippen molar-refractivity contribution in [2.45, 2.75) is 111 Å². The summed E-state index contributed by atoms with van der Waals surface area (Å²) in [5.74, 6) is 0. The zero-order chi connectivity index (χ0) is 44.1. The summed E-state index contributed by atoms with van der Waals surface area (Å²) in [6.45, 7) is 26.6. The minimum absolute atomic E-state index is 0.0139. The highest BCUT2D eigenvalue weighted by molar-refractivity contribution is 7.26. The first kappa shape index (κ1) is 39.0. The fourth-order valence-electron chi connectivity index (χ4n) is 12.5.